The average Bonchev–Trinajstić information content (AvgIpc) is 2.90. The molecule has 3 N–H and O–H groups in total. The van der Waals surface area contributed by atoms with Gasteiger partial charge in [-0.25, -0.2) is 9.97 Å². The van der Waals surface area contributed by atoms with Gasteiger partial charge >= 0.3 is 0 Å². The third-order valence-corrected chi connectivity index (χ3v) is 2.93. The lowest BCUT2D eigenvalue weighted by Crippen LogP contribution is -2.28. The Balaban J connectivity index is 2.08. The van der Waals surface area contributed by atoms with Gasteiger partial charge in [0.05, 0.1) is 18.1 Å². The monoisotopic (exact) mass is 192 g/mol. The van der Waals surface area contributed by atoms with Crippen molar-refractivity contribution in [3.05, 3.63) is 12.4 Å². The summed E-state index contributed by atoms with van der Waals surface area (Å²) in [6, 6.07) is 0. The first-order valence-electron chi connectivity index (χ1n) is 4.98. The molecule has 1 aliphatic rings. The summed E-state index contributed by atoms with van der Waals surface area (Å²) < 4.78 is 0. The molecule has 0 radical (unpaired) electrons. The molecule has 0 atom stereocenters. The van der Waals surface area contributed by atoms with Crippen LogP contribution in [0.15, 0.2) is 12.4 Å². The van der Waals surface area contributed by atoms with E-state index in [1.54, 1.807) is 12.4 Å². The van der Waals surface area contributed by atoms with Crippen molar-refractivity contribution in [2.45, 2.75) is 32.2 Å². The topological polar surface area (TPSA) is 63.8 Å². The lowest BCUT2D eigenvalue weighted by Gasteiger charge is -2.21. The molecule has 1 aromatic heterocycles. The summed E-state index contributed by atoms with van der Waals surface area (Å²) in [5, 5.41) is 3.38. The summed E-state index contributed by atoms with van der Waals surface area (Å²) in [5.41, 5.74) is 6.35. The zero-order chi connectivity index (χ0) is 10.2. The molecule has 1 aliphatic carbocycles. The van der Waals surface area contributed by atoms with E-state index in [9.17, 15) is 0 Å². The van der Waals surface area contributed by atoms with E-state index >= 15 is 0 Å². The van der Waals surface area contributed by atoms with Crippen LogP contribution in [0.4, 0.5) is 11.6 Å². The quantitative estimate of drug-likeness (QED) is 0.764. The maximum absolute atomic E-state index is 5.51. The Morgan fingerprint density at radius 1 is 1.36 bits per heavy atom. The van der Waals surface area contributed by atoms with Crippen LogP contribution in [0.2, 0.25) is 0 Å². The van der Waals surface area contributed by atoms with E-state index in [1.807, 2.05) is 0 Å². The van der Waals surface area contributed by atoms with Gasteiger partial charge in [0.2, 0.25) is 5.95 Å². The highest BCUT2D eigenvalue weighted by molar-refractivity contribution is 5.39. The number of nitrogens with zero attached hydrogens (tertiary/aromatic N) is 2. The Morgan fingerprint density at radius 3 is 2.36 bits per heavy atom. The Hall–Kier alpha value is -1.32. The van der Waals surface area contributed by atoms with Crippen molar-refractivity contribution in [2.24, 2.45) is 5.92 Å². The van der Waals surface area contributed by atoms with Crippen LogP contribution >= 0.6 is 0 Å². The van der Waals surface area contributed by atoms with Gasteiger partial charge in [-0.3, -0.25) is 0 Å². The Kier molecular flexibility index (Phi) is 2.06. The van der Waals surface area contributed by atoms with E-state index in [-0.39, 0.29) is 5.54 Å². The lowest BCUT2D eigenvalue weighted by molar-refractivity contribution is 0.508. The van der Waals surface area contributed by atoms with Crippen molar-refractivity contribution in [2.75, 3.05) is 11.1 Å². The first kappa shape index (κ1) is 9.24. The largest absolute Gasteiger partial charge is 0.396 e. The van der Waals surface area contributed by atoms with E-state index in [0.29, 0.717) is 17.6 Å². The fraction of sp³-hybridized carbons (Fsp3) is 0.600. The van der Waals surface area contributed by atoms with Crippen molar-refractivity contribution in [3.8, 4) is 0 Å². The van der Waals surface area contributed by atoms with Gasteiger partial charge in [-0.05, 0) is 18.8 Å². The van der Waals surface area contributed by atoms with Crippen molar-refractivity contribution in [3.63, 3.8) is 0 Å². The van der Waals surface area contributed by atoms with Gasteiger partial charge in [-0.15, -0.1) is 0 Å². The van der Waals surface area contributed by atoms with Crippen LogP contribution in [0.25, 0.3) is 0 Å². The van der Waals surface area contributed by atoms with Gasteiger partial charge in [-0.1, -0.05) is 13.8 Å². The predicted molar refractivity (Wildman–Crippen MR) is 56.9 cm³/mol. The molecular weight excluding hydrogens is 176 g/mol. The summed E-state index contributed by atoms with van der Waals surface area (Å²) >= 11 is 0. The maximum atomic E-state index is 5.51. The van der Waals surface area contributed by atoms with E-state index in [0.717, 1.165) is 0 Å². The first-order chi connectivity index (χ1) is 6.62. The number of hydrogen-bond acceptors (Lipinski definition) is 4. The number of nitrogen functional groups attached to an aromatic ring is 1. The molecule has 0 amide bonds. The fourth-order valence-electron chi connectivity index (χ4n) is 1.61. The van der Waals surface area contributed by atoms with E-state index in [4.69, 9.17) is 5.73 Å². The van der Waals surface area contributed by atoms with E-state index in [2.05, 4.69) is 29.1 Å². The molecule has 0 aliphatic heterocycles. The molecule has 1 heterocycles. The molecule has 0 aromatic carbocycles. The van der Waals surface area contributed by atoms with Crippen molar-refractivity contribution >= 4 is 11.6 Å². The third-order valence-electron chi connectivity index (χ3n) is 2.93. The third kappa shape index (κ3) is 1.64. The minimum Gasteiger partial charge on any atom is -0.396 e. The zero-order valence-electron chi connectivity index (χ0n) is 8.62. The van der Waals surface area contributed by atoms with Gasteiger partial charge in [0, 0.05) is 5.54 Å². The molecule has 1 aromatic rings. The molecule has 2 rings (SSSR count). The summed E-state index contributed by atoms with van der Waals surface area (Å²) in [5.74, 6) is 1.30. The second-order valence-corrected chi connectivity index (χ2v) is 4.28. The minimum absolute atomic E-state index is 0.232. The minimum atomic E-state index is 0.232. The number of rotatable bonds is 3. The zero-order valence-corrected chi connectivity index (χ0v) is 8.62. The molecule has 1 saturated carbocycles. The SMILES string of the molecule is CC(C)C1(Nc2ncc(N)cn2)CC1. The normalized spacial score (nSPS) is 18.2. The Bertz CT molecular complexity index is 313. The first-order valence-corrected chi connectivity index (χ1v) is 4.98. The molecular formula is C10H16N4. The van der Waals surface area contributed by atoms with Crippen LogP contribution in [-0.2, 0) is 0 Å². The van der Waals surface area contributed by atoms with Crippen LogP contribution < -0.4 is 11.1 Å². The number of aromatic nitrogens is 2. The van der Waals surface area contributed by atoms with Crippen molar-refractivity contribution in [1.82, 2.24) is 9.97 Å². The molecule has 4 heteroatoms. The number of anilines is 2. The highest BCUT2D eigenvalue weighted by atomic mass is 15.2. The average molecular weight is 192 g/mol. The smallest absolute Gasteiger partial charge is 0.223 e. The molecule has 14 heavy (non-hydrogen) atoms. The maximum Gasteiger partial charge on any atom is 0.223 e. The molecule has 0 saturated heterocycles. The standard InChI is InChI=1S/C10H16N4/c1-7(2)10(3-4-10)14-9-12-5-8(11)6-13-9/h5-7H,3-4,11H2,1-2H3,(H,12,13,14). The van der Waals surface area contributed by atoms with Gasteiger partial charge in [0.15, 0.2) is 0 Å². The summed E-state index contributed by atoms with van der Waals surface area (Å²) in [7, 11) is 0. The molecule has 76 valence electrons. The Morgan fingerprint density at radius 2 is 1.93 bits per heavy atom. The highest BCUT2D eigenvalue weighted by Crippen LogP contribution is 2.44. The lowest BCUT2D eigenvalue weighted by atomic mass is 10.0. The molecule has 0 unspecified atom stereocenters. The van der Waals surface area contributed by atoms with Crippen LogP contribution in [-0.4, -0.2) is 15.5 Å². The van der Waals surface area contributed by atoms with Gasteiger partial charge in [-0.2, -0.15) is 0 Å². The summed E-state index contributed by atoms with van der Waals surface area (Å²) in [6.07, 6.45) is 5.67. The van der Waals surface area contributed by atoms with Crippen LogP contribution in [0.3, 0.4) is 0 Å². The fourth-order valence-corrected chi connectivity index (χ4v) is 1.61. The molecule has 0 spiro atoms. The molecule has 1 fully saturated rings. The number of hydrogen-bond donors (Lipinski definition) is 2. The van der Waals surface area contributed by atoms with Gasteiger partial charge < -0.3 is 11.1 Å². The Labute approximate surface area is 83.9 Å². The second-order valence-electron chi connectivity index (χ2n) is 4.28. The number of nitrogens with two attached hydrogens (primary N) is 1. The molecule has 0 bridgehead atoms. The van der Waals surface area contributed by atoms with Crippen LogP contribution in [0.1, 0.15) is 26.7 Å². The van der Waals surface area contributed by atoms with Crippen LogP contribution in [0, 0.1) is 5.92 Å². The van der Waals surface area contributed by atoms with Crippen molar-refractivity contribution in [1.29, 1.82) is 0 Å². The van der Waals surface area contributed by atoms with Crippen molar-refractivity contribution < 1.29 is 0 Å². The van der Waals surface area contributed by atoms with E-state index < -0.39 is 0 Å². The number of nitrogens with one attached hydrogen (secondary N) is 1. The highest BCUT2D eigenvalue weighted by Gasteiger charge is 2.45. The summed E-state index contributed by atoms with van der Waals surface area (Å²) in [4.78, 5) is 8.28. The van der Waals surface area contributed by atoms with E-state index in [1.165, 1.54) is 12.8 Å². The summed E-state index contributed by atoms with van der Waals surface area (Å²) in [6.45, 7) is 4.44. The van der Waals surface area contributed by atoms with Gasteiger partial charge in [0.1, 0.15) is 0 Å². The van der Waals surface area contributed by atoms with Gasteiger partial charge in [0.25, 0.3) is 0 Å². The van der Waals surface area contributed by atoms with Crippen LogP contribution in [0.5, 0.6) is 0 Å². The molecule has 4 nitrogen and oxygen atoms in total. The predicted octanol–water partition coefficient (Wildman–Crippen LogP) is 1.66. The second kappa shape index (κ2) is 3.12.